The van der Waals surface area contributed by atoms with E-state index in [-0.39, 0.29) is 22.3 Å². The maximum atomic E-state index is 13.4. The van der Waals surface area contributed by atoms with Gasteiger partial charge in [0, 0.05) is 0 Å². The summed E-state index contributed by atoms with van der Waals surface area (Å²) in [5, 5.41) is 0. The number of carbonyl (C=O) groups is 4. The monoisotopic (exact) mass is 760 g/mol. The molecule has 1 saturated heterocycles. The summed E-state index contributed by atoms with van der Waals surface area (Å²) in [6.07, 6.45) is -8.52. The molecular formula is C40H43NO12P+. The third-order valence-corrected chi connectivity index (χ3v) is 8.81. The average molecular weight is 761 g/mol. The SMILES string of the molecule is CC[NH+](CC)CC.O=C(OC[C@H]1O[C@H](O[P+](=O)[O-])[C@@H](OC(=O)c2ccccc2)[C@@H](OC(=O)c2ccccc2)[C@@H]1OC(=O)c1ccccc1)c1ccccc1. The molecule has 0 aromatic heterocycles. The first kappa shape index (κ1) is 41.5. The summed E-state index contributed by atoms with van der Waals surface area (Å²) in [6.45, 7) is 9.87. The van der Waals surface area contributed by atoms with Crippen LogP contribution >= 0.6 is 8.25 Å². The summed E-state index contributed by atoms with van der Waals surface area (Å²) in [5.41, 5.74) is 0.458. The van der Waals surface area contributed by atoms with Gasteiger partial charge in [0.1, 0.15) is 12.7 Å². The number of quaternary nitrogens is 1. The van der Waals surface area contributed by atoms with E-state index < -0.39 is 69.4 Å². The van der Waals surface area contributed by atoms with Gasteiger partial charge in [-0.15, -0.1) is 4.52 Å². The number of esters is 4. The Balaban J connectivity index is 0.000000845. The van der Waals surface area contributed by atoms with Crippen molar-refractivity contribution in [3.05, 3.63) is 144 Å². The van der Waals surface area contributed by atoms with Crippen molar-refractivity contribution in [2.45, 2.75) is 51.5 Å². The van der Waals surface area contributed by atoms with Crippen molar-refractivity contribution >= 4 is 32.1 Å². The van der Waals surface area contributed by atoms with Crippen LogP contribution in [0.5, 0.6) is 0 Å². The van der Waals surface area contributed by atoms with Crippen LogP contribution in [-0.4, -0.2) is 80.8 Å². The van der Waals surface area contributed by atoms with Gasteiger partial charge < -0.3 is 33.5 Å². The molecule has 6 atom stereocenters. The van der Waals surface area contributed by atoms with E-state index in [1.807, 2.05) is 0 Å². The molecule has 1 unspecified atom stereocenters. The first-order valence-electron chi connectivity index (χ1n) is 17.4. The Morgan fingerprint density at radius 1 is 0.574 bits per heavy atom. The summed E-state index contributed by atoms with van der Waals surface area (Å²) in [5.74, 6) is -3.53. The Morgan fingerprint density at radius 3 is 1.28 bits per heavy atom. The van der Waals surface area contributed by atoms with Gasteiger partial charge in [-0.2, -0.15) is 0 Å². The van der Waals surface area contributed by atoms with Crippen LogP contribution < -0.4 is 9.79 Å². The van der Waals surface area contributed by atoms with E-state index in [2.05, 4.69) is 20.8 Å². The Labute approximate surface area is 314 Å². The van der Waals surface area contributed by atoms with Gasteiger partial charge >= 0.3 is 32.1 Å². The highest BCUT2D eigenvalue weighted by molar-refractivity contribution is 7.30. The highest BCUT2D eigenvalue weighted by Gasteiger charge is 2.55. The third-order valence-electron chi connectivity index (χ3n) is 8.43. The van der Waals surface area contributed by atoms with Gasteiger partial charge in [-0.1, -0.05) is 72.8 Å². The Kier molecular flexibility index (Phi) is 16.4. The molecule has 284 valence electrons. The lowest BCUT2D eigenvalue weighted by molar-refractivity contribution is -0.894. The largest absolute Gasteiger partial charge is 0.566 e. The van der Waals surface area contributed by atoms with Crippen LogP contribution in [0.4, 0.5) is 0 Å². The number of hydrogen-bond donors (Lipinski definition) is 1. The zero-order valence-corrected chi connectivity index (χ0v) is 31.0. The summed E-state index contributed by atoms with van der Waals surface area (Å²) < 4.78 is 45.5. The molecule has 1 fully saturated rings. The van der Waals surface area contributed by atoms with Gasteiger partial charge in [0.25, 0.3) is 6.29 Å². The normalized spacial score (nSPS) is 19.4. The topological polar surface area (TPSA) is 168 Å². The minimum atomic E-state index is -3.63. The molecule has 0 radical (unpaired) electrons. The second-order valence-corrected chi connectivity index (χ2v) is 12.5. The number of hydrogen-bond acceptors (Lipinski definition) is 12. The summed E-state index contributed by atoms with van der Waals surface area (Å²) in [4.78, 5) is 66.4. The second kappa shape index (κ2) is 21.4. The van der Waals surface area contributed by atoms with Crippen LogP contribution in [0.2, 0.25) is 0 Å². The molecular weight excluding hydrogens is 717 g/mol. The first-order chi connectivity index (χ1) is 26.1. The van der Waals surface area contributed by atoms with Crippen molar-refractivity contribution in [2.75, 3.05) is 26.2 Å². The fraction of sp³-hybridized carbons (Fsp3) is 0.300. The standard InChI is InChI=1S/C34H27O12P.C6H15N/c35-30(22-13-5-1-6-14-22)41-21-26-27(43-31(36)23-15-7-2-8-16-23)28(44-32(37)24-17-9-3-10-18-24)29(34(42-26)46-47(39)40)45-33(38)25-19-11-4-12-20-25;1-4-7(5-2)6-3/h1-20,26-29,34H,21H2;4-6H2,1-3H3/p+1/t26-,27-,28+,29+,34-;/m1./s1. The lowest BCUT2D eigenvalue weighted by Crippen LogP contribution is -3.11. The van der Waals surface area contributed by atoms with E-state index in [0.717, 1.165) is 0 Å². The van der Waals surface area contributed by atoms with Gasteiger partial charge in [0.15, 0.2) is 18.3 Å². The maximum Gasteiger partial charge on any atom is 0.491 e. The van der Waals surface area contributed by atoms with Gasteiger partial charge in [-0.3, -0.25) is 0 Å². The van der Waals surface area contributed by atoms with Crippen molar-refractivity contribution in [2.24, 2.45) is 0 Å². The molecule has 14 heteroatoms. The Bertz CT molecular complexity index is 1790. The molecule has 13 nitrogen and oxygen atoms in total. The number of rotatable bonds is 14. The Morgan fingerprint density at radius 2 is 0.926 bits per heavy atom. The summed E-state index contributed by atoms with van der Waals surface area (Å²) in [7, 11) is -3.63. The lowest BCUT2D eigenvalue weighted by atomic mass is 9.97. The maximum absolute atomic E-state index is 13.4. The number of nitrogens with one attached hydrogen (secondary N) is 1. The van der Waals surface area contributed by atoms with Crippen LogP contribution in [-0.2, 0) is 32.8 Å². The van der Waals surface area contributed by atoms with Crippen molar-refractivity contribution in [1.82, 2.24) is 0 Å². The highest BCUT2D eigenvalue weighted by atomic mass is 31.1. The number of benzene rings is 4. The molecule has 0 aliphatic carbocycles. The molecule has 0 spiro atoms. The van der Waals surface area contributed by atoms with E-state index in [0.29, 0.717) is 0 Å². The van der Waals surface area contributed by atoms with E-state index in [1.165, 1.54) is 68.2 Å². The summed E-state index contributed by atoms with van der Waals surface area (Å²) in [6, 6.07) is 31.2. The van der Waals surface area contributed by atoms with Gasteiger partial charge in [-0.05, 0) is 73.9 Å². The van der Waals surface area contributed by atoms with E-state index in [9.17, 15) is 28.6 Å². The van der Waals surface area contributed by atoms with Crippen LogP contribution in [0, 0.1) is 0 Å². The van der Waals surface area contributed by atoms with Crippen molar-refractivity contribution < 1.29 is 61.7 Å². The lowest BCUT2D eigenvalue weighted by Gasteiger charge is -2.42. The van der Waals surface area contributed by atoms with Gasteiger partial charge in [0.05, 0.1) is 41.9 Å². The van der Waals surface area contributed by atoms with Crippen LogP contribution in [0.3, 0.4) is 0 Å². The molecule has 4 aromatic rings. The number of carbonyl (C=O) groups excluding carboxylic acids is 4. The van der Waals surface area contributed by atoms with Gasteiger partial charge in [-0.25, -0.2) is 19.2 Å². The van der Waals surface area contributed by atoms with Crippen molar-refractivity contribution in [3.8, 4) is 0 Å². The smallest absolute Gasteiger partial charge is 0.491 e. The predicted octanol–water partition coefficient (Wildman–Crippen LogP) is 4.21. The fourth-order valence-corrected chi connectivity index (χ4v) is 5.79. The number of ether oxygens (including phenoxy) is 5. The van der Waals surface area contributed by atoms with Crippen molar-refractivity contribution in [1.29, 1.82) is 0 Å². The first-order valence-corrected chi connectivity index (χ1v) is 18.5. The Hall–Kier alpha value is -5.30. The average Bonchev–Trinajstić information content (AvgIpc) is 3.21. The molecule has 0 bridgehead atoms. The molecule has 5 rings (SSSR count). The predicted molar refractivity (Wildman–Crippen MR) is 194 cm³/mol. The summed E-state index contributed by atoms with van der Waals surface area (Å²) >= 11 is 0. The zero-order valence-electron chi connectivity index (χ0n) is 30.1. The van der Waals surface area contributed by atoms with Crippen LogP contribution in [0.25, 0.3) is 0 Å². The zero-order chi connectivity index (χ0) is 38.9. The van der Waals surface area contributed by atoms with E-state index >= 15 is 0 Å². The van der Waals surface area contributed by atoms with Crippen molar-refractivity contribution in [3.63, 3.8) is 0 Å². The van der Waals surface area contributed by atoms with Crippen LogP contribution in [0.1, 0.15) is 62.2 Å². The molecule has 1 aliphatic rings. The van der Waals surface area contributed by atoms with E-state index in [1.54, 1.807) is 77.7 Å². The minimum absolute atomic E-state index is 0.0719. The second-order valence-electron chi connectivity index (χ2n) is 11.9. The quantitative estimate of drug-likeness (QED) is 0.111. The molecule has 0 saturated carbocycles. The molecule has 0 amide bonds. The van der Waals surface area contributed by atoms with Crippen LogP contribution in [0.15, 0.2) is 121 Å². The highest BCUT2D eigenvalue weighted by Crippen LogP contribution is 2.34. The minimum Gasteiger partial charge on any atom is -0.566 e. The molecule has 1 N–H and O–H groups in total. The fourth-order valence-electron chi connectivity index (χ4n) is 5.45. The van der Waals surface area contributed by atoms with E-state index in [4.69, 9.17) is 28.2 Å². The molecule has 4 aromatic carbocycles. The molecule has 54 heavy (non-hydrogen) atoms. The van der Waals surface area contributed by atoms with Gasteiger partial charge in [0.2, 0.25) is 0 Å². The third kappa shape index (κ3) is 12.1. The molecule has 1 heterocycles. The molecule has 1 aliphatic heterocycles.